The first-order chi connectivity index (χ1) is 7.58. The van der Waals surface area contributed by atoms with Crippen LogP contribution in [-0.2, 0) is 11.2 Å². The second kappa shape index (κ2) is 6.33. The Kier molecular flexibility index (Phi) is 5.38. The SMILES string of the molecule is CNC(Cc1ccc(F)cc1Br)C(C)OC. The fourth-order valence-electron chi connectivity index (χ4n) is 1.59. The molecule has 2 atom stereocenters. The van der Waals surface area contributed by atoms with Gasteiger partial charge in [0.15, 0.2) is 0 Å². The van der Waals surface area contributed by atoms with Crippen molar-refractivity contribution >= 4 is 15.9 Å². The highest BCUT2D eigenvalue weighted by Crippen LogP contribution is 2.20. The van der Waals surface area contributed by atoms with Crippen molar-refractivity contribution in [3.8, 4) is 0 Å². The normalized spacial score (nSPS) is 14.8. The fourth-order valence-corrected chi connectivity index (χ4v) is 2.10. The Labute approximate surface area is 104 Å². The van der Waals surface area contributed by atoms with E-state index in [9.17, 15) is 4.39 Å². The van der Waals surface area contributed by atoms with E-state index in [0.717, 1.165) is 16.5 Å². The first-order valence-corrected chi connectivity index (χ1v) is 6.01. The Morgan fingerprint density at radius 1 is 1.50 bits per heavy atom. The van der Waals surface area contributed by atoms with Gasteiger partial charge in [-0.05, 0) is 38.1 Å². The third kappa shape index (κ3) is 3.54. The first kappa shape index (κ1) is 13.6. The van der Waals surface area contributed by atoms with Crippen molar-refractivity contribution in [2.75, 3.05) is 14.2 Å². The van der Waals surface area contributed by atoms with Crippen LogP contribution in [0.5, 0.6) is 0 Å². The second-order valence-electron chi connectivity index (χ2n) is 3.78. The smallest absolute Gasteiger partial charge is 0.124 e. The van der Waals surface area contributed by atoms with Gasteiger partial charge < -0.3 is 10.1 Å². The van der Waals surface area contributed by atoms with Crippen LogP contribution in [0.1, 0.15) is 12.5 Å². The van der Waals surface area contributed by atoms with Crippen LogP contribution >= 0.6 is 15.9 Å². The van der Waals surface area contributed by atoms with Crippen LogP contribution in [-0.4, -0.2) is 26.3 Å². The molecule has 1 rings (SSSR count). The topological polar surface area (TPSA) is 21.3 Å². The quantitative estimate of drug-likeness (QED) is 0.900. The van der Waals surface area contributed by atoms with Crippen molar-refractivity contribution in [2.45, 2.75) is 25.5 Å². The van der Waals surface area contributed by atoms with Gasteiger partial charge in [-0.15, -0.1) is 0 Å². The highest BCUT2D eigenvalue weighted by molar-refractivity contribution is 9.10. The summed E-state index contributed by atoms with van der Waals surface area (Å²) in [5.74, 6) is -0.226. The number of nitrogens with one attached hydrogen (secondary N) is 1. The monoisotopic (exact) mass is 289 g/mol. The summed E-state index contributed by atoms with van der Waals surface area (Å²) >= 11 is 3.37. The lowest BCUT2D eigenvalue weighted by atomic mass is 10.0. The van der Waals surface area contributed by atoms with E-state index in [1.54, 1.807) is 13.2 Å². The van der Waals surface area contributed by atoms with Crippen molar-refractivity contribution in [1.29, 1.82) is 0 Å². The third-order valence-electron chi connectivity index (χ3n) is 2.76. The summed E-state index contributed by atoms with van der Waals surface area (Å²) in [5, 5.41) is 3.20. The molecule has 4 heteroatoms. The Balaban J connectivity index is 2.78. The van der Waals surface area contributed by atoms with E-state index in [0.29, 0.717) is 0 Å². The summed E-state index contributed by atoms with van der Waals surface area (Å²) in [4.78, 5) is 0. The largest absolute Gasteiger partial charge is 0.380 e. The Hall–Kier alpha value is -0.450. The molecule has 0 aliphatic carbocycles. The van der Waals surface area contributed by atoms with E-state index in [2.05, 4.69) is 21.2 Å². The van der Waals surface area contributed by atoms with Crippen LogP contribution < -0.4 is 5.32 Å². The molecule has 90 valence electrons. The molecule has 0 fully saturated rings. The van der Waals surface area contributed by atoms with Crippen molar-refractivity contribution in [1.82, 2.24) is 5.32 Å². The maximum atomic E-state index is 12.9. The van der Waals surface area contributed by atoms with Gasteiger partial charge >= 0.3 is 0 Å². The van der Waals surface area contributed by atoms with Gasteiger partial charge in [0.25, 0.3) is 0 Å². The summed E-state index contributed by atoms with van der Waals surface area (Å²) in [6, 6.07) is 4.97. The number of likely N-dealkylation sites (N-methyl/N-ethyl adjacent to an activating group) is 1. The van der Waals surface area contributed by atoms with Gasteiger partial charge in [0, 0.05) is 17.6 Å². The molecule has 0 aliphatic heterocycles. The van der Waals surface area contributed by atoms with E-state index in [1.807, 2.05) is 14.0 Å². The Morgan fingerprint density at radius 2 is 2.19 bits per heavy atom. The molecule has 0 radical (unpaired) electrons. The van der Waals surface area contributed by atoms with Gasteiger partial charge in [0.05, 0.1) is 6.10 Å². The molecular formula is C12H17BrFNO. The lowest BCUT2D eigenvalue weighted by molar-refractivity contribution is 0.0856. The summed E-state index contributed by atoms with van der Waals surface area (Å²) in [6.45, 7) is 2.01. The Morgan fingerprint density at radius 3 is 2.69 bits per heavy atom. The zero-order chi connectivity index (χ0) is 12.1. The van der Waals surface area contributed by atoms with Crippen LogP contribution in [0.3, 0.4) is 0 Å². The molecule has 1 aromatic carbocycles. The molecular weight excluding hydrogens is 273 g/mol. The maximum Gasteiger partial charge on any atom is 0.124 e. The zero-order valence-electron chi connectivity index (χ0n) is 9.76. The molecule has 0 heterocycles. The lowest BCUT2D eigenvalue weighted by Crippen LogP contribution is -2.38. The number of rotatable bonds is 5. The number of ether oxygens (including phenoxy) is 1. The first-order valence-electron chi connectivity index (χ1n) is 5.22. The standard InChI is InChI=1S/C12H17BrFNO/c1-8(16-3)12(15-2)6-9-4-5-10(14)7-11(9)13/h4-5,7-8,12,15H,6H2,1-3H3. The van der Waals surface area contributed by atoms with E-state index in [-0.39, 0.29) is 18.0 Å². The molecule has 1 N–H and O–H groups in total. The molecule has 0 aliphatic rings. The van der Waals surface area contributed by atoms with Crippen molar-refractivity contribution < 1.29 is 9.13 Å². The van der Waals surface area contributed by atoms with Gasteiger partial charge in [-0.3, -0.25) is 0 Å². The predicted octanol–water partition coefficient (Wildman–Crippen LogP) is 2.75. The van der Waals surface area contributed by atoms with Crippen LogP contribution in [0, 0.1) is 5.82 Å². The summed E-state index contributed by atoms with van der Waals surface area (Å²) in [7, 11) is 3.59. The van der Waals surface area contributed by atoms with Gasteiger partial charge in [0.2, 0.25) is 0 Å². The van der Waals surface area contributed by atoms with Crippen LogP contribution in [0.4, 0.5) is 4.39 Å². The molecule has 0 amide bonds. The predicted molar refractivity (Wildman–Crippen MR) is 67.1 cm³/mol. The van der Waals surface area contributed by atoms with Gasteiger partial charge in [-0.25, -0.2) is 4.39 Å². The average molecular weight is 290 g/mol. The minimum absolute atomic E-state index is 0.113. The molecule has 2 nitrogen and oxygen atoms in total. The third-order valence-corrected chi connectivity index (χ3v) is 3.50. The fraction of sp³-hybridized carbons (Fsp3) is 0.500. The molecule has 1 aromatic rings. The van der Waals surface area contributed by atoms with E-state index in [4.69, 9.17) is 4.74 Å². The van der Waals surface area contributed by atoms with Crippen molar-refractivity contribution in [3.05, 3.63) is 34.1 Å². The summed E-state index contributed by atoms with van der Waals surface area (Å²) in [5.41, 5.74) is 1.07. The summed E-state index contributed by atoms with van der Waals surface area (Å²) in [6.07, 6.45) is 0.911. The molecule has 0 saturated carbocycles. The number of benzene rings is 1. The van der Waals surface area contributed by atoms with E-state index in [1.165, 1.54) is 12.1 Å². The van der Waals surface area contributed by atoms with Crippen molar-refractivity contribution in [2.24, 2.45) is 0 Å². The molecule has 2 unspecified atom stereocenters. The van der Waals surface area contributed by atoms with E-state index >= 15 is 0 Å². The number of halogens is 2. The van der Waals surface area contributed by atoms with Gasteiger partial charge in [0.1, 0.15) is 5.82 Å². The summed E-state index contributed by atoms with van der Waals surface area (Å²) < 4.78 is 19.0. The lowest BCUT2D eigenvalue weighted by Gasteiger charge is -2.22. The van der Waals surface area contributed by atoms with Gasteiger partial charge in [-0.2, -0.15) is 0 Å². The van der Waals surface area contributed by atoms with Crippen LogP contribution in [0.15, 0.2) is 22.7 Å². The maximum absolute atomic E-state index is 12.9. The molecule has 0 saturated heterocycles. The second-order valence-corrected chi connectivity index (χ2v) is 4.63. The average Bonchev–Trinajstić information content (AvgIpc) is 2.27. The van der Waals surface area contributed by atoms with Crippen LogP contribution in [0.2, 0.25) is 0 Å². The number of hydrogen-bond acceptors (Lipinski definition) is 2. The van der Waals surface area contributed by atoms with E-state index < -0.39 is 0 Å². The minimum atomic E-state index is -0.226. The molecule has 16 heavy (non-hydrogen) atoms. The highest BCUT2D eigenvalue weighted by Gasteiger charge is 2.16. The minimum Gasteiger partial charge on any atom is -0.380 e. The molecule has 0 bridgehead atoms. The molecule has 0 aromatic heterocycles. The Bertz CT molecular complexity index is 346. The number of hydrogen-bond donors (Lipinski definition) is 1. The zero-order valence-corrected chi connectivity index (χ0v) is 11.3. The highest BCUT2D eigenvalue weighted by atomic mass is 79.9. The van der Waals surface area contributed by atoms with Gasteiger partial charge in [-0.1, -0.05) is 22.0 Å². The molecule has 0 spiro atoms. The van der Waals surface area contributed by atoms with Crippen LogP contribution in [0.25, 0.3) is 0 Å². The van der Waals surface area contributed by atoms with Crippen molar-refractivity contribution in [3.63, 3.8) is 0 Å². The number of methoxy groups -OCH3 is 1.